The average molecular weight is 233 g/mol. The molecule has 0 unspecified atom stereocenters. The minimum absolute atomic E-state index is 0.319. The van der Waals surface area contributed by atoms with Crippen LogP contribution in [0.25, 0.3) is 0 Å². The van der Waals surface area contributed by atoms with Gasteiger partial charge in [0.1, 0.15) is 5.75 Å². The molecular weight excluding hydrogens is 218 g/mol. The molecule has 1 heterocycles. The van der Waals surface area contributed by atoms with E-state index < -0.39 is 0 Å². The molecule has 0 bridgehead atoms. The van der Waals surface area contributed by atoms with E-state index in [1.165, 1.54) is 4.80 Å². The van der Waals surface area contributed by atoms with Gasteiger partial charge in [-0.1, -0.05) is 12.1 Å². The van der Waals surface area contributed by atoms with E-state index in [4.69, 9.17) is 10.5 Å². The van der Waals surface area contributed by atoms with Crippen LogP contribution in [0.4, 0.5) is 0 Å². The van der Waals surface area contributed by atoms with Gasteiger partial charge in [-0.05, 0) is 35.9 Å². The summed E-state index contributed by atoms with van der Waals surface area (Å²) in [5.41, 5.74) is 6.67. The molecule has 0 aliphatic rings. The number of hydrogen-bond donors (Lipinski definition) is 1. The van der Waals surface area contributed by atoms with E-state index in [1.807, 2.05) is 24.3 Å². The van der Waals surface area contributed by atoms with E-state index in [1.54, 1.807) is 7.05 Å². The quantitative estimate of drug-likeness (QED) is 0.803. The minimum atomic E-state index is 0.319. The van der Waals surface area contributed by atoms with E-state index in [2.05, 4.69) is 15.4 Å². The van der Waals surface area contributed by atoms with Crippen LogP contribution in [-0.2, 0) is 20.1 Å². The molecular formula is C11H15N5O. The van der Waals surface area contributed by atoms with Crippen molar-refractivity contribution in [1.29, 1.82) is 0 Å². The molecule has 0 aliphatic heterocycles. The molecule has 2 rings (SSSR count). The van der Waals surface area contributed by atoms with Crippen molar-refractivity contribution in [3.8, 4) is 5.75 Å². The van der Waals surface area contributed by atoms with Crippen LogP contribution < -0.4 is 10.5 Å². The maximum atomic E-state index is 5.57. The first-order valence-electron chi connectivity index (χ1n) is 5.42. The monoisotopic (exact) mass is 233 g/mol. The van der Waals surface area contributed by atoms with Crippen molar-refractivity contribution < 1.29 is 4.74 Å². The highest BCUT2D eigenvalue weighted by Crippen LogP contribution is 2.14. The number of nitrogens with zero attached hydrogens (tertiary/aromatic N) is 4. The normalized spacial score (nSPS) is 10.5. The van der Waals surface area contributed by atoms with Crippen molar-refractivity contribution in [2.75, 3.05) is 6.54 Å². The molecule has 0 saturated carbocycles. The first-order chi connectivity index (χ1) is 8.28. The van der Waals surface area contributed by atoms with Gasteiger partial charge in [0.25, 0.3) is 0 Å². The van der Waals surface area contributed by atoms with E-state index in [0.29, 0.717) is 19.0 Å². The highest BCUT2D eigenvalue weighted by atomic mass is 16.5. The van der Waals surface area contributed by atoms with Gasteiger partial charge in [0.05, 0.1) is 7.05 Å². The summed E-state index contributed by atoms with van der Waals surface area (Å²) >= 11 is 0. The zero-order valence-electron chi connectivity index (χ0n) is 9.71. The fourth-order valence-electron chi connectivity index (χ4n) is 1.49. The maximum absolute atomic E-state index is 5.57. The lowest BCUT2D eigenvalue weighted by Gasteiger charge is -2.05. The van der Waals surface area contributed by atoms with Crippen molar-refractivity contribution in [3.05, 3.63) is 35.7 Å². The highest BCUT2D eigenvalue weighted by Gasteiger charge is 2.02. The zero-order chi connectivity index (χ0) is 12.1. The molecule has 1 aromatic carbocycles. The lowest BCUT2D eigenvalue weighted by Crippen LogP contribution is -2.03. The number of aromatic nitrogens is 4. The Hall–Kier alpha value is -1.95. The van der Waals surface area contributed by atoms with E-state index in [9.17, 15) is 0 Å². The fourth-order valence-corrected chi connectivity index (χ4v) is 1.49. The molecule has 0 aliphatic carbocycles. The highest BCUT2D eigenvalue weighted by molar-refractivity contribution is 5.28. The largest absolute Gasteiger partial charge is 0.485 e. The van der Waals surface area contributed by atoms with Crippen LogP contribution in [-0.4, -0.2) is 26.8 Å². The zero-order valence-corrected chi connectivity index (χ0v) is 9.71. The van der Waals surface area contributed by atoms with Crippen LogP contribution in [0.1, 0.15) is 11.4 Å². The third kappa shape index (κ3) is 3.25. The Kier molecular flexibility index (Phi) is 3.66. The Morgan fingerprint density at radius 1 is 1.41 bits per heavy atom. The smallest absolute Gasteiger partial charge is 0.212 e. The Morgan fingerprint density at radius 2 is 2.29 bits per heavy atom. The SMILES string of the molecule is Cn1nnc(COc2cccc(CCN)c2)n1. The summed E-state index contributed by atoms with van der Waals surface area (Å²) in [6, 6.07) is 7.85. The Bertz CT molecular complexity index is 482. The van der Waals surface area contributed by atoms with Crippen LogP contribution >= 0.6 is 0 Å². The van der Waals surface area contributed by atoms with Crippen molar-refractivity contribution in [2.45, 2.75) is 13.0 Å². The molecule has 1 aromatic heterocycles. The van der Waals surface area contributed by atoms with Gasteiger partial charge in [-0.2, -0.15) is 4.80 Å². The van der Waals surface area contributed by atoms with E-state index in [-0.39, 0.29) is 0 Å². The molecule has 2 aromatic rings. The number of aryl methyl sites for hydroxylation is 1. The Labute approximate surface area is 99.4 Å². The molecule has 6 heteroatoms. The van der Waals surface area contributed by atoms with Crippen LogP contribution in [0.15, 0.2) is 24.3 Å². The molecule has 0 radical (unpaired) electrons. The minimum Gasteiger partial charge on any atom is -0.485 e. The first-order valence-corrected chi connectivity index (χ1v) is 5.42. The van der Waals surface area contributed by atoms with Crippen LogP contribution in [0, 0.1) is 0 Å². The standard InChI is InChI=1S/C11H15N5O/c1-16-14-11(13-15-16)8-17-10-4-2-3-9(7-10)5-6-12/h2-4,7H,5-6,8,12H2,1H3. The average Bonchev–Trinajstić information content (AvgIpc) is 2.74. The van der Waals surface area contributed by atoms with Gasteiger partial charge in [0.2, 0.25) is 5.82 Å². The third-order valence-electron chi connectivity index (χ3n) is 2.25. The van der Waals surface area contributed by atoms with Crippen molar-refractivity contribution in [3.63, 3.8) is 0 Å². The summed E-state index contributed by atoms with van der Waals surface area (Å²) in [4.78, 5) is 1.41. The van der Waals surface area contributed by atoms with Crippen LogP contribution in [0.3, 0.4) is 0 Å². The molecule has 2 N–H and O–H groups in total. The van der Waals surface area contributed by atoms with Gasteiger partial charge >= 0.3 is 0 Å². The third-order valence-corrected chi connectivity index (χ3v) is 2.25. The van der Waals surface area contributed by atoms with Gasteiger partial charge in [0, 0.05) is 0 Å². The molecule has 0 fully saturated rings. The van der Waals surface area contributed by atoms with Crippen molar-refractivity contribution >= 4 is 0 Å². The summed E-state index contributed by atoms with van der Waals surface area (Å²) < 4.78 is 5.57. The molecule has 90 valence electrons. The van der Waals surface area contributed by atoms with Gasteiger partial charge in [-0.25, -0.2) is 0 Å². The predicted molar refractivity (Wildman–Crippen MR) is 62.3 cm³/mol. The van der Waals surface area contributed by atoms with E-state index in [0.717, 1.165) is 17.7 Å². The molecule has 6 nitrogen and oxygen atoms in total. The number of hydrogen-bond acceptors (Lipinski definition) is 5. The topological polar surface area (TPSA) is 78.8 Å². The second kappa shape index (κ2) is 5.40. The summed E-state index contributed by atoms with van der Waals surface area (Å²) in [7, 11) is 1.72. The second-order valence-electron chi connectivity index (χ2n) is 3.67. The van der Waals surface area contributed by atoms with Crippen molar-refractivity contribution in [2.24, 2.45) is 12.8 Å². The van der Waals surface area contributed by atoms with Gasteiger partial charge in [-0.3, -0.25) is 0 Å². The number of rotatable bonds is 5. The summed E-state index contributed by atoms with van der Waals surface area (Å²) in [6.07, 6.45) is 0.848. The van der Waals surface area contributed by atoms with Crippen LogP contribution in [0.5, 0.6) is 5.75 Å². The number of nitrogens with two attached hydrogens (primary N) is 1. The second-order valence-corrected chi connectivity index (χ2v) is 3.67. The number of tetrazole rings is 1. The molecule has 0 spiro atoms. The molecule has 0 atom stereocenters. The number of ether oxygens (including phenoxy) is 1. The van der Waals surface area contributed by atoms with Crippen molar-refractivity contribution in [1.82, 2.24) is 20.2 Å². The summed E-state index contributed by atoms with van der Waals surface area (Å²) in [6.45, 7) is 0.953. The predicted octanol–water partition coefficient (Wildman–Crippen LogP) is 0.290. The van der Waals surface area contributed by atoms with Gasteiger partial charge in [0.15, 0.2) is 6.61 Å². The first kappa shape index (κ1) is 11.5. The van der Waals surface area contributed by atoms with Gasteiger partial charge < -0.3 is 10.5 Å². The Balaban J connectivity index is 1.96. The van der Waals surface area contributed by atoms with E-state index >= 15 is 0 Å². The maximum Gasteiger partial charge on any atom is 0.212 e. The number of benzene rings is 1. The lowest BCUT2D eigenvalue weighted by atomic mass is 10.1. The van der Waals surface area contributed by atoms with Crippen LogP contribution in [0.2, 0.25) is 0 Å². The summed E-state index contributed by atoms with van der Waals surface area (Å²) in [5.74, 6) is 1.36. The molecule has 0 amide bonds. The Morgan fingerprint density at radius 3 is 3.00 bits per heavy atom. The summed E-state index contributed by atoms with van der Waals surface area (Å²) in [5, 5.41) is 11.6. The molecule has 0 saturated heterocycles. The fraction of sp³-hybridized carbons (Fsp3) is 0.364. The van der Waals surface area contributed by atoms with Gasteiger partial charge in [-0.15, -0.1) is 10.2 Å². The molecule has 17 heavy (non-hydrogen) atoms. The lowest BCUT2D eigenvalue weighted by molar-refractivity contribution is 0.295.